The summed E-state index contributed by atoms with van der Waals surface area (Å²) in [5, 5.41) is 0.826. The van der Waals surface area contributed by atoms with Crippen LogP contribution >= 0.6 is 11.8 Å². The predicted molar refractivity (Wildman–Crippen MR) is 108 cm³/mol. The largest absolute Gasteiger partial charge is 0.454 e. The number of ether oxygens (including phenoxy) is 2. The van der Waals surface area contributed by atoms with E-state index in [0.717, 1.165) is 32.6 Å². The number of terminal acetylenes is 1. The normalized spacial score (nSPS) is 11.8. The zero-order valence-corrected chi connectivity index (χ0v) is 16.5. The Hall–Kier alpha value is -2.85. The molecule has 0 spiro atoms. The van der Waals surface area contributed by atoms with Gasteiger partial charge >= 0.3 is 0 Å². The number of pyridine rings is 1. The number of anilines is 1. The second-order valence-corrected chi connectivity index (χ2v) is 6.65. The Balaban J connectivity index is 0.00000102. The Morgan fingerprint density at radius 2 is 2.04 bits per heavy atom. The number of nitrogen functional groups attached to an aromatic ring is 1. The molecule has 0 amide bonds. The van der Waals surface area contributed by atoms with Gasteiger partial charge in [0.2, 0.25) is 6.79 Å². The van der Waals surface area contributed by atoms with E-state index in [1.54, 1.807) is 18.0 Å². The first-order chi connectivity index (χ1) is 13.2. The van der Waals surface area contributed by atoms with Gasteiger partial charge in [-0.1, -0.05) is 25.6 Å². The molecule has 0 unspecified atom stereocenters. The summed E-state index contributed by atoms with van der Waals surface area (Å²) < 4.78 is 13.0. The SMILES string of the molecule is C#CCCn1c(Sc2cc3c(cc2C)OCO3)nc2c(N)nccc21.CC. The van der Waals surface area contributed by atoms with Gasteiger partial charge in [0, 0.05) is 24.1 Å². The van der Waals surface area contributed by atoms with E-state index in [2.05, 4.69) is 15.5 Å². The summed E-state index contributed by atoms with van der Waals surface area (Å²) >= 11 is 1.56. The zero-order chi connectivity index (χ0) is 19.4. The van der Waals surface area contributed by atoms with Crippen molar-refractivity contribution in [1.29, 1.82) is 0 Å². The molecule has 3 heterocycles. The van der Waals surface area contributed by atoms with Gasteiger partial charge in [-0.3, -0.25) is 0 Å². The second kappa shape index (κ2) is 8.23. The van der Waals surface area contributed by atoms with E-state index in [0.29, 0.717) is 24.3 Å². The lowest BCUT2D eigenvalue weighted by molar-refractivity contribution is 0.174. The number of aromatic nitrogens is 3. The third-order valence-corrected chi connectivity index (χ3v) is 5.17. The minimum absolute atomic E-state index is 0.256. The maximum Gasteiger partial charge on any atom is 0.231 e. The molecule has 2 aromatic heterocycles. The van der Waals surface area contributed by atoms with Gasteiger partial charge in [0.1, 0.15) is 5.52 Å². The average molecular weight is 382 g/mol. The molecule has 0 aliphatic carbocycles. The Kier molecular flexibility index (Phi) is 5.77. The van der Waals surface area contributed by atoms with Gasteiger partial charge in [0.05, 0.1) is 5.52 Å². The average Bonchev–Trinajstić information content (AvgIpc) is 3.27. The number of aryl methyl sites for hydroxylation is 2. The highest BCUT2D eigenvalue weighted by Crippen LogP contribution is 2.41. The smallest absolute Gasteiger partial charge is 0.231 e. The fourth-order valence-corrected chi connectivity index (χ4v) is 3.77. The summed E-state index contributed by atoms with van der Waals surface area (Å²) in [6, 6.07) is 5.87. The zero-order valence-electron chi connectivity index (χ0n) is 15.7. The fourth-order valence-electron chi connectivity index (χ4n) is 2.75. The van der Waals surface area contributed by atoms with Gasteiger partial charge in [0.25, 0.3) is 0 Å². The number of fused-ring (bicyclic) bond motifs is 2. The van der Waals surface area contributed by atoms with Crippen LogP contribution in [0.5, 0.6) is 11.5 Å². The van der Waals surface area contributed by atoms with Crippen molar-refractivity contribution in [3.63, 3.8) is 0 Å². The van der Waals surface area contributed by atoms with Gasteiger partial charge in [-0.15, -0.1) is 12.3 Å². The third-order valence-electron chi connectivity index (χ3n) is 4.01. The van der Waals surface area contributed by atoms with E-state index in [-0.39, 0.29) is 6.79 Å². The predicted octanol–water partition coefficient (Wildman–Crippen LogP) is 4.25. The van der Waals surface area contributed by atoms with Gasteiger partial charge in [0.15, 0.2) is 22.5 Å². The van der Waals surface area contributed by atoms with E-state index in [9.17, 15) is 0 Å². The molecule has 140 valence electrons. The molecule has 0 radical (unpaired) electrons. The first-order valence-electron chi connectivity index (χ1n) is 8.79. The Labute approximate surface area is 163 Å². The molecular weight excluding hydrogens is 360 g/mol. The summed E-state index contributed by atoms with van der Waals surface area (Å²) in [5.41, 5.74) is 8.71. The topological polar surface area (TPSA) is 75.2 Å². The molecule has 27 heavy (non-hydrogen) atoms. The van der Waals surface area contributed by atoms with Crippen molar-refractivity contribution in [1.82, 2.24) is 14.5 Å². The molecule has 0 saturated heterocycles. The molecule has 0 bridgehead atoms. The van der Waals surface area contributed by atoms with Gasteiger partial charge in [-0.2, -0.15) is 0 Å². The molecule has 0 fully saturated rings. The minimum Gasteiger partial charge on any atom is -0.454 e. The summed E-state index contributed by atoms with van der Waals surface area (Å²) in [7, 11) is 0. The fraction of sp³-hybridized carbons (Fsp3) is 0.300. The van der Waals surface area contributed by atoms with Crippen molar-refractivity contribution in [2.24, 2.45) is 0 Å². The number of nitrogens with two attached hydrogens (primary N) is 1. The molecule has 0 saturated carbocycles. The minimum atomic E-state index is 0.256. The standard InChI is InChI=1S/C18H16N4O2S.C2H6/c1-3-4-7-22-12-5-6-20-17(19)16(12)21-18(22)25-15-9-14-13(8-11(15)2)23-10-24-14;1-2/h1,5-6,8-9H,4,7,10H2,2H3,(H2,19,20);1-2H3. The van der Waals surface area contributed by atoms with Crippen molar-refractivity contribution in [2.75, 3.05) is 12.5 Å². The second-order valence-electron chi connectivity index (χ2n) is 5.64. The molecule has 6 nitrogen and oxygen atoms in total. The van der Waals surface area contributed by atoms with Crippen LogP contribution in [0.15, 0.2) is 34.4 Å². The Morgan fingerprint density at radius 3 is 2.78 bits per heavy atom. The molecule has 3 aromatic rings. The number of rotatable bonds is 4. The van der Waals surface area contributed by atoms with E-state index in [1.165, 1.54) is 0 Å². The van der Waals surface area contributed by atoms with Crippen LogP contribution in [0.1, 0.15) is 25.8 Å². The van der Waals surface area contributed by atoms with Crippen molar-refractivity contribution in [2.45, 2.75) is 43.8 Å². The molecular formula is C20H22N4O2S. The lowest BCUT2D eigenvalue weighted by Gasteiger charge is -2.09. The van der Waals surface area contributed by atoms with Crippen LogP contribution in [0.2, 0.25) is 0 Å². The summed E-state index contributed by atoms with van der Waals surface area (Å²) in [4.78, 5) is 9.87. The molecule has 4 rings (SSSR count). The van der Waals surface area contributed by atoms with E-state index >= 15 is 0 Å². The number of nitrogens with zero attached hydrogens (tertiary/aromatic N) is 3. The van der Waals surface area contributed by atoms with Crippen molar-refractivity contribution in [3.8, 4) is 23.8 Å². The highest BCUT2D eigenvalue weighted by atomic mass is 32.2. The van der Waals surface area contributed by atoms with Crippen molar-refractivity contribution < 1.29 is 9.47 Å². The van der Waals surface area contributed by atoms with Crippen LogP contribution < -0.4 is 15.2 Å². The first kappa shape index (κ1) is 18.9. The van der Waals surface area contributed by atoms with Crippen LogP contribution in [-0.4, -0.2) is 21.3 Å². The van der Waals surface area contributed by atoms with E-state index in [4.69, 9.17) is 26.6 Å². The number of imidazole rings is 1. The Morgan fingerprint density at radius 1 is 1.30 bits per heavy atom. The summed E-state index contributed by atoms with van der Waals surface area (Å²) in [6.45, 7) is 6.96. The van der Waals surface area contributed by atoms with Crippen LogP contribution in [0.3, 0.4) is 0 Å². The maximum absolute atomic E-state index is 5.99. The number of hydrogen-bond acceptors (Lipinski definition) is 6. The quantitative estimate of drug-likeness (QED) is 0.680. The van der Waals surface area contributed by atoms with E-state index < -0.39 is 0 Å². The molecule has 2 N–H and O–H groups in total. The van der Waals surface area contributed by atoms with Crippen molar-refractivity contribution >= 4 is 28.6 Å². The third kappa shape index (κ3) is 3.67. The van der Waals surface area contributed by atoms with Crippen LogP contribution in [0.25, 0.3) is 11.0 Å². The lowest BCUT2D eigenvalue weighted by Crippen LogP contribution is -1.99. The van der Waals surface area contributed by atoms with Crippen LogP contribution in [-0.2, 0) is 6.54 Å². The summed E-state index contributed by atoms with van der Waals surface area (Å²) in [5.74, 6) is 4.62. The van der Waals surface area contributed by atoms with Gasteiger partial charge < -0.3 is 19.8 Å². The van der Waals surface area contributed by atoms with E-state index in [1.807, 2.05) is 39.0 Å². The monoisotopic (exact) mass is 382 g/mol. The first-order valence-corrected chi connectivity index (χ1v) is 9.61. The van der Waals surface area contributed by atoms with Crippen LogP contribution in [0, 0.1) is 19.3 Å². The Bertz CT molecular complexity index is 1010. The summed E-state index contributed by atoms with van der Waals surface area (Å²) in [6.07, 6.45) is 7.75. The lowest BCUT2D eigenvalue weighted by atomic mass is 10.2. The maximum atomic E-state index is 5.99. The molecule has 7 heteroatoms. The molecule has 1 aliphatic rings. The highest BCUT2D eigenvalue weighted by Gasteiger charge is 2.19. The molecule has 1 aromatic carbocycles. The number of benzene rings is 1. The highest BCUT2D eigenvalue weighted by molar-refractivity contribution is 7.99. The van der Waals surface area contributed by atoms with Crippen LogP contribution in [0.4, 0.5) is 5.82 Å². The number of hydrogen-bond donors (Lipinski definition) is 1. The molecule has 1 aliphatic heterocycles. The van der Waals surface area contributed by atoms with Crippen molar-refractivity contribution in [3.05, 3.63) is 30.0 Å². The molecule has 0 atom stereocenters. The van der Waals surface area contributed by atoms with Gasteiger partial charge in [-0.05, 0) is 30.7 Å². The van der Waals surface area contributed by atoms with Gasteiger partial charge in [-0.25, -0.2) is 9.97 Å².